The van der Waals surface area contributed by atoms with Gasteiger partial charge in [-0.15, -0.1) is 0 Å². The molecule has 1 unspecified atom stereocenters. The highest BCUT2D eigenvalue weighted by molar-refractivity contribution is 6.31. The number of aromatic nitrogens is 1. The number of amidine groups is 1. The fourth-order valence-corrected chi connectivity index (χ4v) is 2.89. The number of ether oxygens (including phenoxy) is 1. The maximum absolute atomic E-state index is 13.7. The number of allylic oxidation sites excluding steroid dienone is 1. The van der Waals surface area contributed by atoms with Gasteiger partial charge >= 0.3 is 12.1 Å². The van der Waals surface area contributed by atoms with Crippen LogP contribution in [-0.2, 0) is 9.53 Å². The minimum atomic E-state index is -4.85. The van der Waals surface area contributed by atoms with Gasteiger partial charge in [0.05, 0.1) is 12.7 Å². The third-order valence-corrected chi connectivity index (χ3v) is 4.18. The third kappa shape index (κ3) is 3.80. The number of alkyl halides is 3. The van der Waals surface area contributed by atoms with Crippen molar-refractivity contribution in [2.75, 3.05) is 7.11 Å². The van der Waals surface area contributed by atoms with Crippen LogP contribution in [0.4, 0.5) is 13.2 Å². The van der Waals surface area contributed by atoms with Gasteiger partial charge in [0.15, 0.2) is 5.84 Å². The van der Waals surface area contributed by atoms with Crippen molar-refractivity contribution in [2.45, 2.75) is 12.2 Å². The zero-order chi connectivity index (χ0) is 19.6. The molecule has 1 aliphatic heterocycles. The first-order valence-electron chi connectivity index (χ1n) is 7.73. The van der Waals surface area contributed by atoms with E-state index in [0.29, 0.717) is 0 Å². The molecular formula is C18H13ClF3N3O2. The summed E-state index contributed by atoms with van der Waals surface area (Å²) in [5.41, 5.74) is -1.48. The van der Waals surface area contributed by atoms with Crippen LogP contribution in [0.25, 0.3) is 0 Å². The van der Waals surface area contributed by atoms with Gasteiger partial charge in [-0.3, -0.25) is 9.98 Å². The molecule has 0 bridgehead atoms. The molecule has 1 atom stereocenters. The number of nitrogens with one attached hydrogen (secondary N) is 1. The average Bonchev–Trinajstić information content (AvgIpc) is 2.67. The fraction of sp³-hybridized carbons (Fsp3) is 0.167. The number of rotatable bonds is 3. The Morgan fingerprint density at radius 2 is 1.89 bits per heavy atom. The zero-order valence-corrected chi connectivity index (χ0v) is 14.7. The van der Waals surface area contributed by atoms with Crippen molar-refractivity contribution in [1.82, 2.24) is 10.3 Å². The number of aliphatic imine (C=N–C) groups is 1. The van der Waals surface area contributed by atoms with Crippen LogP contribution in [0.2, 0.25) is 5.02 Å². The van der Waals surface area contributed by atoms with Crippen LogP contribution >= 0.6 is 11.6 Å². The first-order valence-corrected chi connectivity index (χ1v) is 8.11. The van der Waals surface area contributed by atoms with Crippen LogP contribution in [0.5, 0.6) is 0 Å². The summed E-state index contributed by atoms with van der Waals surface area (Å²) in [7, 11) is 1.00. The number of nitrogens with zero attached hydrogens (tertiary/aromatic N) is 2. The number of halogens is 4. The first-order chi connectivity index (χ1) is 12.8. The van der Waals surface area contributed by atoms with Gasteiger partial charge in [0.2, 0.25) is 0 Å². The molecule has 140 valence electrons. The van der Waals surface area contributed by atoms with Gasteiger partial charge in [-0.25, -0.2) is 4.79 Å². The molecule has 1 aromatic carbocycles. The molecule has 3 rings (SSSR count). The monoisotopic (exact) mass is 395 g/mol. The molecular weight excluding hydrogens is 383 g/mol. The maximum atomic E-state index is 13.7. The SMILES string of the molecule is COC(=O)C1=C(C(F)(F)F)NC(c2ccccn2)=NC1c1ccccc1Cl. The predicted molar refractivity (Wildman–Crippen MR) is 93.2 cm³/mol. The lowest BCUT2D eigenvalue weighted by atomic mass is 9.95. The lowest BCUT2D eigenvalue weighted by molar-refractivity contribution is -0.138. The number of methoxy groups -OCH3 is 1. The molecule has 0 fully saturated rings. The summed E-state index contributed by atoms with van der Waals surface area (Å²) in [6.07, 6.45) is -3.42. The summed E-state index contributed by atoms with van der Waals surface area (Å²) in [6.45, 7) is 0. The molecule has 0 amide bonds. The second-order valence-corrected chi connectivity index (χ2v) is 5.93. The zero-order valence-electron chi connectivity index (χ0n) is 13.9. The summed E-state index contributed by atoms with van der Waals surface area (Å²) in [5, 5.41) is 2.37. The van der Waals surface area contributed by atoms with Crippen molar-refractivity contribution >= 4 is 23.4 Å². The third-order valence-electron chi connectivity index (χ3n) is 3.84. The minimum Gasteiger partial charge on any atom is -0.466 e. The van der Waals surface area contributed by atoms with Gasteiger partial charge in [-0.2, -0.15) is 13.2 Å². The molecule has 1 N–H and O–H groups in total. The standard InChI is InChI=1S/C18H13ClF3N3O2/c1-27-17(26)13-14(10-6-2-3-7-11(10)19)24-16(12-8-4-5-9-23-12)25-15(13)18(20,21)22/h2-9,14H,1H3,(H,24,25). The number of hydrogen-bond donors (Lipinski definition) is 1. The van der Waals surface area contributed by atoms with Gasteiger partial charge in [0, 0.05) is 16.8 Å². The maximum Gasteiger partial charge on any atom is 0.431 e. The second-order valence-electron chi connectivity index (χ2n) is 5.52. The first kappa shape index (κ1) is 18.9. The molecule has 0 saturated heterocycles. The molecule has 27 heavy (non-hydrogen) atoms. The van der Waals surface area contributed by atoms with Crippen molar-refractivity contribution < 1.29 is 22.7 Å². The highest BCUT2D eigenvalue weighted by atomic mass is 35.5. The molecule has 0 spiro atoms. The number of carbonyl (C=O) groups excluding carboxylic acids is 1. The van der Waals surface area contributed by atoms with E-state index in [1.54, 1.807) is 24.3 Å². The van der Waals surface area contributed by atoms with E-state index in [-0.39, 0.29) is 22.1 Å². The van der Waals surface area contributed by atoms with Crippen molar-refractivity contribution in [3.05, 3.63) is 76.2 Å². The number of carbonyl (C=O) groups is 1. The molecule has 0 aliphatic carbocycles. The van der Waals surface area contributed by atoms with Gasteiger partial charge in [0.1, 0.15) is 17.4 Å². The Balaban J connectivity index is 2.25. The van der Waals surface area contributed by atoms with Crippen LogP contribution in [-0.4, -0.2) is 30.1 Å². The topological polar surface area (TPSA) is 63.6 Å². The molecule has 1 aliphatic rings. The quantitative estimate of drug-likeness (QED) is 0.803. The molecule has 9 heteroatoms. The number of esters is 1. The van der Waals surface area contributed by atoms with Crippen LogP contribution < -0.4 is 5.32 Å². The average molecular weight is 396 g/mol. The molecule has 5 nitrogen and oxygen atoms in total. The molecule has 2 heterocycles. The van der Waals surface area contributed by atoms with Crippen molar-refractivity contribution in [1.29, 1.82) is 0 Å². The summed E-state index contributed by atoms with van der Waals surface area (Å²) in [4.78, 5) is 20.5. The smallest absolute Gasteiger partial charge is 0.431 e. The van der Waals surface area contributed by atoms with E-state index < -0.39 is 29.5 Å². The molecule has 0 saturated carbocycles. The molecule has 0 radical (unpaired) electrons. The van der Waals surface area contributed by atoms with E-state index in [4.69, 9.17) is 11.6 Å². The van der Waals surface area contributed by atoms with E-state index in [9.17, 15) is 18.0 Å². The Labute approximate surface area is 157 Å². The van der Waals surface area contributed by atoms with Crippen molar-refractivity contribution in [3.63, 3.8) is 0 Å². The van der Waals surface area contributed by atoms with Gasteiger partial charge in [-0.05, 0) is 18.2 Å². The van der Waals surface area contributed by atoms with Crippen molar-refractivity contribution in [2.24, 2.45) is 4.99 Å². The Morgan fingerprint density at radius 3 is 2.48 bits per heavy atom. The van der Waals surface area contributed by atoms with Crippen LogP contribution in [0.15, 0.2) is 64.9 Å². The van der Waals surface area contributed by atoms with Crippen LogP contribution in [0.1, 0.15) is 17.3 Å². The second kappa shape index (κ2) is 7.40. The van der Waals surface area contributed by atoms with Crippen LogP contribution in [0, 0.1) is 0 Å². The molecule has 2 aromatic rings. The van der Waals surface area contributed by atoms with Gasteiger partial charge < -0.3 is 10.1 Å². The highest BCUT2D eigenvalue weighted by Gasteiger charge is 2.45. The summed E-state index contributed by atoms with van der Waals surface area (Å²) in [5.74, 6) is -1.27. The van der Waals surface area contributed by atoms with E-state index in [1.807, 2.05) is 0 Å². The Bertz CT molecular complexity index is 927. The largest absolute Gasteiger partial charge is 0.466 e. The summed E-state index contributed by atoms with van der Waals surface area (Å²) < 4.78 is 45.8. The Kier molecular flexibility index (Phi) is 5.18. The van der Waals surface area contributed by atoms with Crippen LogP contribution in [0.3, 0.4) is 0 Å². The van der Waals surface area contributed by atoms with E-state index in [1.165, 1.54) is 24.4 Å². The number of hydrogen-bond acceptors (Lipinski definition) is 5. The fourth-order valence-electron chi connectivity index (χ4n) is 2.65. The van der Waals surface area contributed by atoms with E-state index >= 15 is 0 Å². The predicted octanol–water partition coefficient (Wildman–Crippen LogP) is 3.82. The minimum absolute atomic E-state index is 0.125. The Morgan fingerprint density at radius 1 is 1.19 bits per heavy atom. The summed E-state index contributed by atoms with van der Waals surface area (Å²) >= 11 is 6.17. The lowest BCUT2D eigenvalue weighted by Gasteiger charge is -2.28. The normalized spacial score (nSPS) is 17.2. The number of benzene rings is 1. The lowest BCUT2D eigenvalue weighted by Crippen LogP contribution is -2.40. The van der Waals surface area contributed by atoms with E-state index in [0.717, 1.165) is 7.11 Å². The molecule has 1 aromatic heterocycles. The Hall–Kier alpha value is -2.87. The van der Waals surface area contributed by atoms with Gasteiger partial charge in [-0.1, -0.05) is 35.9 Å². The summed E-state index contributed by atoms with van der Waals surface area (Å²) in [6, 6.07) is 9.69. The van der Waals surface area contributed by atoms with E-state index in [2.05, 4.69) is 20.0 Å². The highest BCUT2D eigenvalue weighted by Crippen LogP contribution is 2.40. The number of pyridine rings is 1. The van der Waals surface area contributed by atoms with Gasteiger partial charge in [0.25, 0.3) is 0 Å². The van der Waals surface area contributed by atoms with Crippen molar-refractivity contribution in [3.8, 4) is 0 Å².